The standard InChI is InChI=1S/C15H22N2O3/c1-11-8-13(20-2)9-12(16-11)10-17-7-5-3-4-6-14(17)15(18)19/h8-9,14H,3-7,10H2,1-2H3,(H,18,19). The average Bonchev–Trinajstić information content (AvgIpc) is 2.63. The van der Waals surface area contributed by atoms with Gasteiger partial charge in [0.25, 0.3) is 0 Å². The summed E-state index contributed by atoms with van der Waals surface area (Å²) in [6.07, 6.45) is 3.86. The topological polar surface area (TPSA) is 62.7 Å². The first-order valence-electron chi connectivity index (χ1n) is 7.08. The first kappa shape index (κ1) is 14.8. The fourth-order valence-corrected chi connectivity index (χ4v) is 2.75. The second-order valence-electron chi connectivity index (χ2n) is 5.31. The molecule has 2 rings (SSSR count). The zero-order valence-corrected chi connectivity index (χ0v) is 12.1. The molecule has 1 N–H and O–H groups in total. The second-order valence-corrected chi connectivity index (χ2v) is 5.31. The normalized spacial score (nSPS) is 20.4. The zero-order chi connectivity index (χ0) is 14.5. The second kappa shape index (κ2) is 6.70. The molecule has 1 aromatic rings. The molecule has 1 saturated heterocycles. The number of carboxylic acids is 1. The Labute approximate surface area is 119 Å². The number of rotatable bonds is 4. The van der Waals surface area contributed by atoms with E-state index in [1.165, 1.54) is 0 Å². The highest BCUT2D eigenvalue weighted by molar-refractivity contribution is 5.73. The first-order chi connectivity index (χ1) is 9.60. The van der Waals surface area contributed by atoms with Crippen molar-refractivity contribution in [1.82, 2.24) is 9.88 Å². The van der Waals surface area contributed by atoms with E-state index in [1.807, 2.05) is 24.0 Å². The number of pyridine rings is 1. The van der Waals surface area contributed by atoms with E-state index in [-0.39, 0.29) is 0 Å². The zero-order valence-electron chi connectivity index (χ0n) is 12.1. The van der Waals surface area contributed by atoms with Crippen molar-refractivity contribution in [2.75, 3.05) is 13.7 Å². The van der Waals surface area contributed by atoms with Crippen LogP contribution >= 0.6 is 0 Å². The van der Waals surface area contributed by atoms with E-state index in [9.17, 15) is 9.90 Å². The number of ether oxygens (including phenoxy) is 1. The van der Waals surface area contributed by atoms with Crippen LogP contribution in [0.5, 0.6) is 5.75 Å². The third-order valence-electron chi connectivity index (χ3n) is 3.73. The molecule has 0 bridgehead atoms. The van der Waals surface area contributed by atoms with E-state index >= 15 is 0 Å². The monoisotopic (exact) mass is 278 g/mol. The van der Waals surface area contributed by atoms with Crippen LogP contribution in [-0.2, 0) is 11.3 Å². The van der Waals surface area contributed by atoms with Gasteiger partial charge in [0, 0.05) is 24.4 Å². The van der Waals surface area contributed by atoms with Gasteiger partial charge >= 0.3 is 5.97 Å². The highest BCUT2D eigenvalue weighted by atomic mass is 16.5. The van der Waals surface area contributed by atoms with Crippen molar-refractivity contribution in [2.45, 2.75) is 45.2 Å². The highest BCUT2D eigenvalue weighted by Gasteiger charge is 2.27. The van der Waals surface area contributed by atoms with Gasteiger partial charge in [0.2, 0.25) is 0 Å². The average molecular weight is 278 g/mol. The van der Waals surface area contributed by atoms with Gasteiger partial charge in [0.15, 0.2) is 0 Å². The summed E-state index contributed by atoms with van der Waals surface area (Å²) >= 11 is 0. The highest BCUT2D eigenvalue weighted by Crippen LogP contribution is 2.21. The molecule has 0 aliphatic carbocycles. The molecular weight excluding hydrogens is 256 g/mol. The van der Waals surface area contributed by atoms with Crippen molar-refractivity contribution in [1.29, 1.82) is 0 Å². The summed E-state index contributed by atoms with van der Waals surface area (Å²) in [7, 11) is 1.63. The number of likely N-dealkylation sites (tertiary alicyclic amines) is 1. The summed E-state index contributed by atoms with van der Waals surface area (Å²) in [5.41, 5.74) is 1.76. The minimum absolute atomic E-state index is 0.397. The molecule has 0 saturated carbocycles. The Morgan fingerprint density at radius 3 is 2.95 bits per heavy atom. The fourth-order valence-electron chi connectivity index (χ4n) is 2.75. The van der Waals surface area contributed by atoms with Crippen LogP contribution in [0, 0.1) is 6.92 Å². The Bertz CT molecular complexity index is 476. The van der Waals surface area contributed by atoms with Crippen LogP contribution < -0.4 is 4.74 Å². The molecule has 1 atom stereocenters. The predicted octanol–water partition coefficient (Wildman–Crippen LogP) is 2.23. The van der Waals surface area contributed by atoms with E-state index in [2.05, 4.69) is 4.98 Å². The summed E-state index contributed by atoms with van der Waals surface area (Å²) in [6.45, 7) is 3.30. The molecule has 5 nitrogen and oxygen atoms in total. The Hall–Kier alpha value is -1.62. The van der Waals surface area contributed by atoms with Gasteiger partial charge in [-0.2, -0.15) is 0 Å². The van der Waals surface area contributed by atoms with Gasteiger partial charge in [-0.1, -0.05) is 12.8 Å². The lowest BCUT2D eigenvalue weighted by Gasteiger charge is -2.26. The minimum atomic E-state index is -0.730. The van der Waals surface area contributed by atoms with Gasteiger partial charge in [-0.05, 0) is 26.3 Å². The quantitative estimate of drug-likeness (QED) is 0.915. The number of nitrogens with zero attached hydrogens (tertiary/aromatic N) is 2. The van der Waals surface area contributed by atoms with E-state index in [0.717, 1.165) is 49.4 Å². The molecule has 0 aromatic carbocycles. The molecule has 20 heavy (non-hydrogen) atoms. The molecule has 0 spiro atoms. The maximum atomic E-state index is 11.4. The van der Waals surface area contributed by atoms with Crippen LogP contribution in [0.15, 0.2) is 12.1 Å². The van der Waals surface area contributed by atoms with Gasteiger partial charge in [-0.3, -0.25) is 14.7 Å². The molecule has 0 amide bonds. The third-order valence-corrected chi connectivity index (χ3v) is 3.73. The SMILES string of the molecule is COc1cc(C)nc(CN2CCCCCC2C(=O)O)c1. The lowest BCUT2D eigenvalue weighted by molar-refractivity contribution is -0.143. The van der Waals surface area contributed by atoms with Crippen molar-refractivity contribution >= 4 is 5.97 Å². The maximum Gasteiger partial charge on any atom is 0.320 e. The lowest BCUT2D eigenvalue weighted by atomic mass is 10.1. The van der Waals surface area contributed by atoms with Crippen molar-refractivity contribution in [3.05, 3.63) is 23.5 Å². The largest absolute Gasteiger partial charge is 0.497 e. The number of aliphatic carboxylic acids is 1. The van der Waals surface area contributed by atoms with Gasteiger partial charge < -0.3 is 9.84 Å². The van der Waals surface area contributed by atoms with Gasteiger partial charge in [0.05, 0.1) is 12.8 Å². The van der Waals surface area contributed by atoms with Crippen LogP contribution in [0.4, 0.5) is 0 Å². The van der Waals surface area contributed by atoms with Crippen LogP contribution in [0.3, 0.4) is 0 Å². The van der Waals surface area contributed by atoms with Crippen molar-refractivity contribution in [3.63, 3.8) is 0 Å². The number of hydrogen-bond acceptors (Lipinski definition) is 4. The third kappa shape index (κ3) is 3.70. The van der Waals surface area contributed by atoms with E-state index in [0.29, 0.717) is 6.54 Å². The van der Waals surface area contributed by atoms with Crippen molar-refractivity contribution in [2.24, 2.45) is 0 Å². The molecular formula is C15H22N2O3. The van der Waals surface area contributed by atoms with Crippen molar-refractivity contribution in [3.8, 4) is 5.75 Å². The Morgan fingerprint density at radius 2 is 2.25 bits per heavy atom. The summed E-state index contributed by atoms with van der Waals surface area (Å²) in [4.78, 5) is 17.9. The molecule has 1 fully saturated rings. The molecule has 1 unspecified atom stereocenters. The molecule has 110 valence electrons. The molecule has 0 radical (unpaired) electrons. The Balaban J connectivity index is 2.17. The number of carbonyl (C=O) groups is 1. The first-order valence-corrected chi connectivity index (χ1v) is 7.08. The van der Waals surface area contributed by atoms with E-state index in [1.54, 1.807) is 7.11 Å². The van der Waals surface area contributed by atoms with Gasteiger partial charge in [-0.15, -0.1) is 0 Å². The summed E-state index contributed by atoms with van der Waals surface area (Å²) < 4.78 is 5.25. The fraction of sp³-hybridized carbons (Fsp3) is 0.600. The van der Waals surface area contributed by atoms with Crippen LogP contribution in [0.25, 0.3) is 0 Å². The Morgan fingerprint density at radius 1 is 1.45 bits per heavy atom. The number of hydrogen-bond donors (Lipinski definition) is 1. The number of methoxy groups -OCH3 is 1. The minimum Gasteiger partial charge on any atom is -0.497 e. The lowest BCUT2D eigenvalue weighted by Crippen LogP contribution is -2.40. The summed E-state index contributed by atoms with van der Waals surface area (Å²) in [6, 6.07) is 3.36. The van der Waals surface area contributed by atoms with Crippen molar-refractivity contribution < 1.29 is 14.6 Å². The summed E-state index contributed by atoms with van der Waals surface area (Å²) in [5.74, 6) is 0.0423. The number of aryl methyl sites for hydroxylation is 1. The van der Waals surface area contributed by atoms with E-state index < -0.39 is 12.0 Å². The van der Waals surface area contributed by atoms with Crippen LogP contribution in [0.1, 0.15) is 37.1 Å². The van der Waals surface area contributed by atoms with E-state index in [4.69, 9.17) is 4.74 Å². The van der Waals surface area contributed by atoms with Crippen LogP contribution in [-0.4, -0.2) is 40.7 Å². The maximum absolute atomic E-state index is 11.4. The molecule has 2 heterocycles. The van der Waals surface area contributed by atoms with Gasteiger partial charge in [0.1, 0.15) is 11.8 Å². The number of carboxylic acid groups (broad SMARTS) is 1. The number of aromatic nitrogens is 1. The predicted molar refractivity (Wildman–Crippen MR) is 75.8 cm³/mol. The Kier molecular flexibility index (Phi) is 4.95. The molecule has 5 heteroatoms. The van der Waals surface area contributed by atoms with Crippen LogP contribution in [0.2, 0.25) is 0 Å². The molecule has 1 aliphatic rings. The molecule has 1 aliphatic heterocycles. The molecule has 1 aromatic heterocycles. The summed E-state index contributed by atoms with van der Waals surface area (Å²) in [5, 5.41) is 9.38. The smallest absolute Gasteiger partial charge is 0.320 e. The van der Waals surface area contributed by atoms with Gasteiger partial charge in [-0.25, -0.2) is 0 Å².